The van der Waals surface area contributed by atoms with Gasteiger partial charge >= 0.3 is 5.97 Å². The highest BCUT2D eigenvalue weighted by Gasteiger charge is 2.38. The highest BCUT2D eigenvalue weighted by Crippen LogP contribution is 2.21. The second kappa shape index (κ2) is 5.74. The van der Waals surface area contributed by atoms with Gasteiger partial charge in [0, 0.05) is 19.1 Å². The number of nitrogens with one attached hydrogen (secondary N) is 1. The van der Waals surface area contributed by atoms with E-state index in [-0.39, 0.29) is 12.6 Å². The first-order chi connectivity index (χ1) is 8.90. The van der Waals surface area contributed by atoms with Crippen LogP contribution in [0.25, 0.3) is 0 Å². The molecule has 2 N–H and O–H groups in total. The molecular weight excluding hydrogens is 270 g/mol. The van der Waals surface area contributed by atoms with Crippen LogP contribution in [-0.4, -0.2) is 67.5 Å². The van der Waals surface area contributed by atoms with Crippen molar-refractivity contribution in [2.75, 3.05) is 26.7 Å². The molecule has 0 bridgehead atoms. The minimum atomic E-state index is -3.71. The largest absolute Gasteiger partial charge is 0.480 e. The molecular formula is C11H21N3O4S. The summed E-state index contributed by atoms with van der Waals surface area (Å²) in [5.41, 5.74) is 0. The highest BCUT2D eigenvalue weighted by molar-refractivity contribution is 7.87. The molecule has 2 atom stereocenters. The Kier molecular flexibility index (Phi) is 4.44. The lowest BCUT2D eigenvalue weighted by molar-refractivity contribution is -0.142. The van der Waals surface area contributed by atoms with Gasteiger partial charge in [-0.1, -0.05) is 0 Å². The lowest BCUT2D eigenvalue weighted by Gasteiger charge is -2.32. The summed E-state index contributed by atoms with van der Waals surface area (Å²) >= 11 is 0. The number of hydrogen-bond donors (Lipinski definition) is 2. The second-order valence-corrected chi connectivity index (χ2v) is 6.99. The monoisotopic (exact) mass is 291 g/mol. The third-order valence-corrected chi connectivity index (χ3v) is 5.44. The molecule has 0 aromatic carbocycles. The maximum atomic E-state index is 12.3. The molecule has 0 aliphatic carbocycles. The molecule has 2 aliphatic heterocycles. The molecule has 0 radical (unpaired) electrons. The van der Waals surface area contributed by atoms with E-state index in [9.17, 15) is 13.2 Å². The van der Waals surface area contributed by atoms with Crippen LogP contribution >= 0.6 is 0 Å². The first-order valence-electron chi connectivity index (χ1n) is 6.60. The summed E-state index contributed by atoms with van der Waals surface area (Å²) in [5.74, 6) is -1.06. The van der Waals surface area contributed by atoms with Crippen LogP contribution in [0, 0.1) is 0 Å². The highest BCUT2D eigenvalue weighted by atomic mass is 32.2. The number of carboxylic acids is 1. The number of carboxylic acid groups (broad SMARTS) is 1. The number of piperidine rings is 1. The smallest absolute Gasteiger partial charge is 0.322 e. The van der Waals surface area contributed by atoms with Gasteiger partial charge in [-0.15, -0.1) is 0 Å². The van der Waals surface area contributed by atoms with E-state index >= 15 is 0 Å². The van der Waals surface area contributed by atoms with Crippen molar-refractivity contribution in [1.29, 1.82) is 0 Å². The van der Waals surface area contributed by atoms with Crippen molar-refractivity contribution in [2.45, 2.75) is 37.8 Å². The van der Waals surface area contributed by atoms with E-state index in [4.69, 9.17) is 5.11 Å². The lowest BCUT2D eigenvalue weighted by atomic mass is 10.1. The zero-order chi connectivity index (χ0) is 14.0. The fourth-order valence-electron chi connectivity index (χ4n) is 2.75. The molecule has 7 nitrogen and oxygen atoms in total. The number of carbonyl (C=O) groups is 1. The van der Waals surface area contributed by atoms with Crippen LogP contribution in [0.15, 0.2) is 0 Å². The Morgan fingerprint density at radius 1 is 1.26 bits per heavy atom. The van der Waals surface area contributed by atoms with Crippen LogP contribution in [0.1, 0.15) is 25.7 Å². The van der Waals surface area contributed by atoms with Gasteiger partial charge in [0.15, 0.2) is 0 Å². The fraction of sp³-hybridized carbons (Fsp3) is 0.909. The topological polar surface area (TPSA) is 90.0 Å². The van der Waals surface area contributed by atoms with Crippen LogP contribution in [0.3, 0.4) is 0 Å². The van der Waals surface area contributed by atoms with Gasteiger partial charge in [0.25, 0.3) is 10.2 Å². The van der Waals surface area contributed by atoms with Crippen molar-refractivity contribution in [3.05, 3.63) is 0 Å². The quantitative estimate of drug-likeness (QED) is 0.726. The first kappa shape index (κ1) is 14.7. The number of likely N-dealkylation sites (N-methyl/N-ethyl adjacent to an activating group) is 1. The number of aliphatic carboxylic acids is 1. The van der Waals surface area contributed by atoms with Gasteiger partial charge in [-0.25, -0.2) is 0 Å². The Morgan fingerprint density at radius 3 is 2.58 bits per heavy atom. The van der Waals surface area contributed by atoms with Crippen molar-refractivity contribution >= 4 is 16.2 Å². The molecule has 0 spiro atoms. The van der Waals surface area contributed by atoms with Crippen molar-refractivity contribution in [2.24, 2.45) is 0 Å². The average molecular weight is 291 g/mol. The Morgan fingerprint density at radius 2 is 2.00 bits per heavy atom. The Bertz CT molecular complexity index is 439. The summed E-state index contributed by atoms with van der Waals surface area (Å²) < 4.78 is 28.3. The van der Waals surface area contributed by atoms with Gasteiger partial charge in [0.1, 0.15) is 6.04 Å². The predicted molar refractivity (Wildman–Crippen MR) is 69.9 cm³/mol. The molecule has 110 valence electrons. The maximum absolute atomic E-state index is 12.3. The number of rotatable bonds is 4. The van der Waals surface area contributed by atoms with E-state index in [1.807, 2.05) is 7.05 Å². The van der Waals surface area contributed by atoms with Crippen LogP contribution in [0.2, 0.25) is 0 Å². The fourth-order valence-corrected chi connectivity index (χ4v) is 4.40. The molecule has 0 amide bonds. The first-order valence-corrected chi connectivity index (χ1v) is 8.04. The zero-order valence-corrected chi connectivity index (χ0v) is 11.9. The van der Waals surface area contributed by atoms with E-state index in [1.165, 1.54) is 0 Å². The molecule has 2 heterocycles. The van der Waals surface area contributed by atoms with Crippen LogP contribution in [0.5, 0.6) is 0 Å². The number of likely N-dealkylation sites (tertiary alicyclic amines) is 1. The Labute approximate surface area is 113 Å². The van der Waals surface area contributed by atoms with Gasteiger partial charge in [-0.05, 0) is 39.3 Å². The summed E-state index contributed by atoms with van der Waals surface area (Å²) in [5, 5.41) is 9.13. The van der Waals surface area contributed by atoms with E-state index < -0.39 is 22.2 Å². The van der Waals surface area contributed by atoms with Gasteiger partial charge in [-0.2, -0.15) is 17.4 Å². The van der Waals surface area contributed by atoms with Gasteiger partial charge in [0.05, 0.1) is 0 Å². The SMILES string of the molecule is CN1CCC(NS(=O)(=O)N2CCCCC2C(=O)O)C1. The number of nitrogens with zero attached hydrogens (tertiary/aromatic N) is 2. The van der Waals surface area contributed by atoms with Crippen LogP contribution in [0.4, 0.5) is 0 Å². The predicted octanol–water partition coefficient (Wildman–Crippen LogP) is -0.536. The Balaban J connectivity index is 2.06. The summed E-state index contributed by atoms with van der Waals surface area (Å²) in [7, 11) is -1.77. The minimum absolute atomic E-state index is 0.119. The maximum Gasteiger partial charge on any atom is 0.322 e. The van der Waals surface area contributed by atoms with Gasteiger partial charge in [-0.3, -0.25) is 4.79 Å². The molecule has 0 aromatic rings. The lowest BCUT2D eigenvalue weighted by Crippen LogP contribution is -2.54. The van der Waals surface area contributed by atoms with Crippen molar-refractivity contribution in [3.8, 4) is 0 Å². The van der Waals surface area contributed by atoms with E-state index in [1.54, 1.807) is 0 Å². The van der Waals surface area contributed by atoms with E-state index in [2.05, 4.69) is 9.62 Å². The van der Waals surface area contributed by atoms with E-state index in [0.717, 1.165) is 30.1 Å². The minimum Gasteiger partial charge on any atom is -0.480 e. The molecule has 2 unspecified atom stereocenters. The molecule has 0 aromatic heterocycles. The third-order valence-electron chi connectivity index (χ3n) is 3.75. The van der Waals surface area contributed by atoms with Crippen molar-refractivity contribution in [1.82, 2.24) is 13.9 Å². The zero-order valence-electron chi connectivity index (χ0n) is 11.1. The van der Waals surface area contributed by atoms with Crippen molar-refractivity contribution < 1.29 is 18.3 Å². The van der Waals surface area contributed by atoms with Crippen molar-refractivity contribution in [3.63, 3.8) is 0 Å². The van der Waals surface area contributed by atoms with Crippen LogP contribution < -0.4 is 4.72 Å². The normalized spacial score (nSPS) is 30.6. The average Bonchev–Trinajstić information content (AvgIpc) is 2.74. The molecule has 19 heavy (non-hydrogen) atoms. The molecule has 2 rings (SSSR count). The molecule has 2 saturated heterocycles. The summed E-state index contributed by atoms with van der Waals surface area (Å²) in [6, 6.07) is -1.04. The van der Waals surface area contributed by atoms with E-state index in [0.29, 0.717) is 13.0 Å². The molecule has 2 fully saturated rings. The molecule has 8 heteroatoms. The molecule has 0 saturated carbocycles. The standard InChI is InChI=1S/C11H21N3O4S/c1-13-7-5-9(8-13)12-19(17,18)14-6-3-2-4-10(14)11(15)16/h9-10,12H,2-8H2,1H3,(H,15,16). The summed E-state index contributed by atoms with van der Waals surface area (Å²) in [6.45, 7) is 1.81. The van der Waals surface area contributed by atoms with Gasteiger partial charge < -0.3 is 10.0 Å². The summed E-state index contributed by atoms with van der Waals surface area (Å²) in [4.78, 5) is 13.2. The third kappa shape index (κ3) is 3.44. The summed E-state index contributed by atoms with van der Waals surface area (Å²) in [6.07, 6.45) is 2.63. The van der Waals surface area contributed by atoms with Crippen LogP contribution in [-0.2, 0) is 15.0 Å². The second-order valence-electron chi connectivity index (χ2n) is 5.33. The van der Waals surface area contributed by atoms with Gasteiger partial charge in [0.2, 0.25) is 0 Å². The Hall–Kier alpha value is -0.700. The number of hydrogen-bond acceptors (Lipinski definition) is 4. The molecule has 2 aliphatic rings.